The Kier molecular flexibility index (Phi) is 3.19. The van der Waals surface area contributed by atoms with E-state index >= 15 is 0 Å². The van der Waals surface area contributed by atoms with Gasteiger partial charge in [-0.3, -0.25) is 0 Å². The van der Waals surface area contributed by atoms with E-state index in [1.807, 2.05) is 13.0 Å². The van der Waals surface area contributed by atoms with E-state index in [2.05, 4.69) is 4.74 Å². The van der Waals surface area contributed by atoms with E-state index in [0.717, 1.165) is 12.0 Å². The van der Waals surface area contributed by atoms with Gasteiger partial charge in [-0.25, -0.2) is 4.79 Å². The molecule has 4 heteroatoms. The molecule has 1 aromatic carbocycles. The van der Waals surface area contributed by atoms with Gasteiger partial charge < -0.3 is 14.9 Å². The lowest BCUT2D eigenvalue weighted by Crippen LogP contribution is -2.05. The molecule has 0 heterocycles. The predicted octanol–water partition coefficient (Wildman–Crippen LogP) is 2.63. The van der Waals surface area contributed by atoms with Crippen LogP contribution in [0.3, 0.4) is 0 Å². The number of carbonyl (C=O) groups is 1. The van der Waals surface area contributed by atoms with E-state index in [9.17, 15) is 9.90 Å². The molecule has 2 N–H and O–H groups in total. The van der Waals surface area contributed by atoms with Crippen molar-refractivity contribution in [1.29, 1.82) is 0 Å². The van der Waals surface area contributed by atoms with E-state index in [0.29, 0.717) is 11.1 Å². The lowest BCUT2D eigenvalue weighted by atomic mass is 10.0. The fourth-order valence-corrected chi connectivity index (χ4v) is 1.53. The summed E-state index contributed by atoms with van der Waals surface area (Å²) >= 11 is 0. The van der Waals surface area contributed by atoms with E-state index in [4.69, 9.17) is 5.11 Å². The molecule has 82 valence electrons. The average molecular weight is 210 g/mol. The van der Waals surface area contributed by atoms with Crippen LogP contribution in [0.15, 0.2) is 6.07 Å². The van der Waals surface area contributed by atoms with Gasteiger partial charge in [-0.05, 0) is 37.0 Å². The Morgan fingerprint density at radius 2 is 2.07 bits per heavy atom. The molecule has 0 amide bonds. The largest absolute Gasteiger partial charge is 0.511 e. The van der Waals surface area contributed by atoms with Crippen molar-refractivity contribution in [3.63, 3.8) is 0 Å². The van der Waals surface area contributed by atoms with Crippen molar-refractivity contribution in [1.82, 2.24) is 0 Å². The molecule has 0 saturated carbocycles. The maximum atomic E-state index is 10.4. The lowest BCUT2D eigenvalue weighted by Gasteiger charge is -2.12. The monoisotopic (exact) mass is 210 g/mol. The fraction of sp³-hybridized carbons (Fsp3) is 0.364. The quantitative estimate of drug-likeness (QED) is 0.581. The summed E-state index contributed by atoms with van der Waals surface area (Å²) in [5.74, 6) is -0.0635. The van der Waals surface area contributed by atoms with Crippen LogP contribution in [0.5, 0.6) is 11.5 Å². The molecule has 0 aliphatic heterocycles. The molecule has 0 atom stereocenters. The third kappa shape index (κ3) is 2.21. The van der Waals surface area contributed by atoms with Crippen molar-refractivity contribution in [2.45, 2.75) is 27.2 Å². The summed E-state index contributed by atoms with van der Waals surface area (Å²) < 4.78 is 4.52. The van der Waals surface area contributed by atoms with Crippen molar-refractivity contribution < 1.29 is 19.7 Å². The summed E-state index contributed by atoms with van der Waals surface area (Å²) in [5.41, 5.74) is 2.28. The normalized spacial score (nSPS) is 10.1. The van der Waals surface area contributed by atoms with Gasteiger partial charge in [0.2, 0.25) is 0 Å². The van der Waals surface area contributed by atoms with Crippen LogP contribution < -0.4 is 4.74 Å². The summed E-state index contributed by atoms with van der Waals surface area (Å²) in [7, 11) is 0. The molecule has 1 rings (SSSR count). The minimum atomic E-state index is -1.42. The fourth-order valence-electron chi connectivity index (χ4n) is 1.53. The third-order valence-electron chi connectivity index (χ3n) is 2.37. The highest BCUT2D eigenvalue weighted by Crippen LogP contribution is 2.35. The van der Waals surface area contributed by atoms with E-state index in [1.165, 1.54) is 0 Å². The Labute approximate surface area is 88.1 Å². The van der Waals surface area contributed by atoms with Gasteiger partial charge in [0, 0.05) is 0 Å². The molecule has 0 aromatic heterocycles. The first-order valence-electron chi connectivity index (χ1n) is 4.70. The first-order chi connectivity index (χ1) is 6.97. The Bertz CT molecular complexity index is 396. The van der Waals surface area contributed by atoms with Crippen molar-refractivity contribution in [2.24, 2.45) is 0 Å². The van der Waals surface area contributed by atoms with Crippen LogP contribution in [-0.4, -0.2) is 16.4 Å². The van der Waals surface area contributed by atoms with Gasteiger partial charge in [-0.2, -0.15) is 0 Å². The summed E-state index contributed by atoms with van der Waals surface area (Å²) in [4.78, 5) is 10.4. The van der Waals surface area contributed by atoms with Gasteiger partial charge in [0.05, 0.1) is 0 Å². The summed E-state index contributed by atoms with van der Waals surface area (Å²) in [5, 5.41) is 18.3. The molecule has 0 radical (unpaired) electrons. The number of carboxylic acid groups (broad SMARTS) is 1. The second-order valence-corrected chi connectivity index (χ2v) is 3.38. The van der Waals surface area contributed by atoms with Crippen LogP contribution >= 0.6 is 0 Å². The van der Waals surface area contributed by atoms with Gasteiger partial charge in [0.15, 0.2) is 11.5 Å². The number of aromatic hydroxyl groups is 1. The number of rotatable bonds is 2. The van der Waals surface area contributed by atoms with E-state index in [1.54, 1.807) is 13.8 Å². The molecule has 1 aromatic rings. The first-order valence-corrected chi connectivity index (χ1v) is 4.70. The standard InChI is InChI=1S/C11H14O4/c1-4-8-5-6(2)10(15-11(13)14)9(12)7(8)3/h5,12H,4H2,1-3H3,(H,13,14). The SMILES string of the molecule is CCc1cc(C)c(OC(=O)O)c(O)c1C. The highest BCUT2D eigenvalue weighted by atomic mass is 16.7. The summed E-state index contributed by atoms with van der Waals surface area (Å²) in [6.07, 6.45) is -0.634. The molecular formula is C11H14O4. The Morgan fingerprint density at radius 1 is 1.47 bits per heavy atom. The van der Waals surface area contributed by atoms with Crippen LogP contribution in [0.4, 0.5) is 4.79 Å². The Hall–Kier alpha value is -1.71. The molecule has 0 fully saturated rings. The van der Waals surface area contributed by atoms with Crippen LogP contribution in [0, 0.1) is 13.8 Å². The van der Waals surface area contributed by atoms with Gasteiger partial charge in [-0.15, -0.1) is 0 Å². The summed E-state index contributed by atoms with van der Waals surface area (Å²) in [6, 6.07) is 1.83. The van der Waals surface area contributed by atoms with Gasteiger partial charge >= 0.3 is 6.16 Å². The van der Waals surface area contributed by atoms with E-state index in [-0.39, 0.29) is 11.5 Å². The molecule has 0 bridgehead atoms. The second-order valence-electron chi connectivity index (χ2n) is 3.38. The highest BCUT2D eigenvalue weighted by molar-refractivity contribution is 5.66. The van der Waals surface area contributed by atoms with Crippen molar-refractivity contribution in [3.8, 4) is 11.5 Å². The first kappa shape index (κ1) is 11.4. The minimum absolute atomic E-state index is 0.0252. The van der Waals surface area contributed by atoms with Crippen molar-refractivity contribution in [3.05, 3.63) is 22.8 Å². The smallest absolute Gasteiger partial charge is 0.504 e. The van der Waals surface area contributed by atoms with Crippen molar-refractivity contribution in [2.75, 3.05) is 0 Å². The lowest BCUT2D eigenvalue weighted by molar-refractivity contribution is 0.142. The second kappa shape index (κ2) is 4.21. The molecule has 0 unspecified atom stereocenters. The van der Waals surface area contributed by atoms with Crippen LogP contribution in [-0.2, 0) is 6.42 Å². The topological polar surface area (TPSA) is 66.8 Å². The molecule has 4 nitrogen and oxygen atoms in total. The number of benzene rings is 1. The number of phenolic OH excluding ortho intramolecular Hbond substituents is 1. The molecule has 0 aliphatic rings. The summed E-state index contributed by atoms with van der Waals surface area (Å²) in [6.45, 7) is 5.41. The Balaban J connectivity index is 3.29. The zero-order chi connectivity index (χ0) is 11.6. The zero-order valence-corrected chi connectivity index (χ0v) is 9.00. The number of aryl methyl sites for hydroxylation is 2. The number of hydrogen-bond acceptors (Lipinski definition) is 3. The van der Waals surface area contributed by atoms with E-state index < -0.39 is 6.16 Å². The van der Waals surface area contributed by atoms with Crippen LogP contribution in [0.2, 0.25) is 0 Å². The van der Waals surface area contributed by atoms with Gasteiger partial charge in [0.25, 0.3) is 0 Å². The zero-order valence-electron chi connectivity index (χ0n) is 9.00. The van der Waals surface area contributed by atoms with Crippen molar-refractivity contribution >= 4 is 6.16 Å². The van der Waals surface area contributed by atoms with Crippen LogP contribution in [0.1, 0.15) is 23.6 Å². The number of hydrogen-bond donors (Lipinski definition) is 2. The number of phenols is 1. The Morgan fingerprint density at radius 3 is 2.53 bits per heavy atom. The van der Waals surface area contributed by atoms with Gasteiger partial charge in [0.1, 0.15) is 0 Å². The molecular weight excluding hydrogens is 196 g/mol. The molecule has 0 spiro atoms. The van der Waals surface area contributed by atoms with Gasteiger partial charge in [-0.1, -0.05) is 13.0 Å². The maximum absolute atomic E-state index is 10.4. The highest BCUT2D eigenvalue weighted by Gasteiger charge is 2.15. The average Bonchev–Trinajstić information content (AvgIpc) is 2.18. The third-order valence-corrected chi connectivity index (χ3v) is 2.37. The minimum Gasteiger partial charge on any atom is -0.504 e. The number of ether oxygens (including phenoxy) is 1. The molecule has 0 saturated heterocycles. The van der Waals surface area contributed by atoms with Crippen LogP contribution in [0.25, 0.3) is 0 Å². The molecule has 15 heavy (non-hydrogen) atoms. The predicted molar refractivity (Wildman–Crippen MR) is 55.6 cm³/mol. The maximum Gasteiger partial charge on any atom is 0.511 e. The molecule has 0 aliphatic carbocycles.